The highest BCUT2D eigenvalue weighted by atomic mass is 31.2. The Bertz CT molecular complexity index is 931. The monoisotopic (exact) mass is 756 g/mol. The van der Waals surface area contributed by atoms with Crippen molar-refractivity contribution in [2.45, 2.75) is 187 Å². The zero-order chi connectivity index (χ0) is 38.4. The number of hydrogen-bond acceptors (Lipinski definition) is 7. The summed E-state index contributed by atoms with van der Waals surface area (Å²) < 4.78 is 34.3. The summed E-state index contributed by atoms with van der Waals surface area (Å²) in [6.07, 6.45) is 42.4. The number of carbonyl (C=O) groups is 1. The Morgan fingerprint density at radius 3 is 1.63 bits per heavy atom. The van der Waals surface area contributed by atoms with E-state index in [-0.39, 0.29) is 32.2 Å². The lowest BCUT2D eigenvalue weighted by molar-refractivity contribution is -0.870. The molecule has 0 amide bonds. The third-order valence-corrected chi connectivity index (χ3v) is 9.97. The fraction of sp³-hybridized carbons (Fsp3) is 0.837. The molecule has 0 aromatic carbocycles. The van der Waals surface area contributed by atoms with Crippen LogP contribution in [0.4, 0.5) is 0 Å². The molecule has 0 heterocycles. The number of likely N-dealkylation sites (N-methyl/N-ethyl adjacent to an activating group) is 1. The van der Waals surface area contributed by atoms with Gasteiger partial charge in [-0.2, -0.15) is 0 Å². The molecule has 52 heavy (non-hydrogen) atoms. The number of hydrogen-bond donors (Lipinski definition) is 0. The van der Waals surface area contributed by atoms with Gasteiger partial charge in [0.1, 0.15) is 19.8 Å². The Kier molecular flexibility index (Phi) is 35.5. The van der Waals surface area contributed by atoms with Gasteiger partial charge in [-0.15, -0.1) is 0 Å². The van der Waals surface area contributed by atoms with Crippen molar-refractivity contribution in [1.29, 1.82) is 0 Å². The van der Waals surface area contributed by atoms with Gasteiger partial charge in [-0.3, -0.25) is 9.36 Å². The number of quaternary nitrogens is 1. The van der Waals surface area contributed by atoms with Crippen LogP contribution in [0.15, 0.2) is 36.6 Å². The highest BCUT2D eigenvalue weighted by Crippen LogP contribution is 2.38. The largest absolute Gasteiger partial charge is 0.756 e. The summed E-state index contributed by atoms with van der Waals surface area (Å²) in [7, 11) is 1.31. The molecule has 0 aliphatic heterocycles. The molecule has 8 nitrogen and oxygen atoms in total. The summed E-state index contributed by atoms with van der Waals surface area (Å²) in [5, 5.41) is 0. The quantitative estimate of drug-likeness (QED) is 0.0154. The predicted octanol–water partition coefficient (Wildman–Crippen LogP) is 11.9. The summed E-state index contributed by atoms with van der Waals surface area (Å²) in [5.74, 6) is -0.370. The maximum atomic E-state index is 12.6. The number of unbranched alkanes of at least 4 members (excludes halogenated alkanes) is 21. The Morgan fingerprint density at radius 1 is 0.615 bits per heavy atom. The molecule has 0 N–H and O–H groups in total. The third kappa shape index (κ3) is 39.8. The van der Waals surface area contributed by atoms with Gasteiger partial charge < -0.3 is 27.9 Å². The van der Waals surface area contributed by atoms with Crippen molar-refractivity contribution in [2.24, 2.45) is 0 Å². The fourth-order valence-corrected chi connectivity index (χ4v) is 6.37. The third-order valence-electron chi connectivity index (χ3n) is 9.01. The zero-order valence-electron chi connectivity index (χ0n) is 34.5. The number of phosphoric acid groups is 1. The second-order valence-corrected chi connectivity index (χ2v) is 16.8. The van der Waals surface area contributed by atoms with E-state index in [1.807, 2.05) is 27.2 Å². The average molecular weight is 756 g/mol. The number of esters is 1. The lowest BCUT2D eigenvalue weighted by Crippen LogP contribution is -2.37. The molecular weight excluding hydrogens is 673 g/mol. The first kappa shape index (κ1) is 50.6. The number of ether oxygens (including phenoxy) is 2. The van der Waals surface area contributed by atoms with Crippen LogP contribution in [0, 0.1) is 0 Å². The van der Waals surface area contributed by atoms with Crippen molar-refractivity contribution in [3.8, 4) is 0 Å². The molecule has 0 spiro atoms. The normalized spacial score (nSPS) is 14.1. The minimum absolute atomic E-state index is 0.0139. The molecule has 0 saturated carbocycles. The summed E-state index contributed by atoms with van der Waals surface area (Å²) in [6, 6.07) is 0. The summed E-state index contributed by atoms with van der Waals surface area (Å²) in [6.45, 7) is 4.68. The van der Waals surface area contributed by atoms with E-state index in [1.165, 1.54) is 103 Å². The minimum atomic E-state index is -4.54. The number of rotatable bonds is 39. The highest BCUT2D eigenvalue weighted by Gasteiger charge is 2.20. The maximum Gasteiger partial charge on any atom is 0.306 e. The van der Waals surface area contributed by atoms with E-state index in [9.17, 15) is 14.3 Å². The fourth-order valence-electron chi connectivity index (χ4n) is 5.65. The summed E-state index contributed by atoms with van der Waals surface area (Å²) in [5.41, 5.74) is 0. The molecule has 0 radical (unpaired) electrons. The van der Waals surface area contributed by atoms with Gasteiger partial charge in [0.05, 0.1) is 34.0 Å². The molecular formula is C43H82NO7P. The zero-order valence-corrected chi connectivity index (χ0v) is 35.4. The van der Waals surface area contributed by atoms with Crippen molar-refractivity contribution in [3.63, 3.8) is 0 Å². The van der Waals surface area contributed by atoms with Gasteiger partial charge in [-0.25, -0.2) is 0 Å². The molecule has 0 aliphatic carbocycles. The molecule has 0 aromatic heterocycles. The Balaban J connectivity index is 4.32. The van der Waals surface area contributed by atoms with Crippen LogP contribution in [0.25, 0.3) is 0 Å². The number of phosphoric ester groups is 1. The van der Waals surface area contributed by atoms with Crippen molar-refractivity contribution >= 4 is 13.8 Å². The van der Waals surface area contributed by atoms with Crippen molar-refractivity contribution in [1.82, 2.24) is 0 Å². The predicted molar refractivity (Wildman–Crippen MR) is 217 cm³/mol. The smallest absolute Gasteiger partial charge is 0.306 e. The van der Waals surface area contributed by atoms with Crippen LogP contribution in [0.5, 0.6) is 0 Å². The second kappa shape index (κ2) is 36.5. The van der Waals surface area contributed by atoms with Crippen LogP contribution in [0.3, 0.4) is 0 Å². The topological polar surface area (TPSA) is 94.1 Å². The number of carbonyl (C=O) groups excluding carboxylic acids is 1. The molecule has 0 aliphatic rings. The lowest BCUT2D eigenvalue weighted by atomic mass is 10.0. The first-order valence-electron chi connectivity index (χ1n) is 21.3. The molecule has 0 rings (SSSR count). The van der Waals surface area contributed by atoms with Crippen molar-refractivity contribution in [3.05, 3.63) is 36.6 Å². The minimum Gasteiger partial charge on any atom is -0.756 e. The highest BCUT2D eigenvalue weighted by molar-refractivity contribution is 7.45. The van der Waals surface area contributed by atoms with Gasteiger partial charge in [0, 0.05) is 6.42 Å². The van der Waals surface area contributed by atoms with Gasteiger partial charge in [0.15, 0.2) is 6.10 Å². The molecule has 2 atom stereocenters. The van der Waals surface area contributed by atoms with Crippen LogP contribution >= 0.6 is 7.82 Å². The maximum absolute atomic E-state index is 12.6. The molecule has 1 unspecified atom stereocenters. The summed E-state index contributed by atoms with van der Waals surface area (Å²) in [4.78, 5) is 25.0. The van der Waals surface area contributed by atoms with Crippen LogP contribution in [-0.2, 0) is 27.9 Å². The average Bonchev–Trinajstić information content (AvgIpc) is 3.09. The molecule has 0 aromatic rings. The molecule has 9 heteroatoms. The SMILES string of the molecule is CCCC/C=C\C/C=C\CCCCCCCC(=O)O[C@H](CO/C=C\CCCCCCCCCCCCCCCC)COP(=O)([O-])OCC[N+](C)(C)C. The Hall–Kier alpha value is -1.44. The number of nitrogens with zero attached hydrogens (tertiary/aromatic N) is 1. The summed E-state index contributed by atoms with van der Waals surface area (Å²) >= 11 is 0. The number of allylic oxidation sites excluding steroid dienone is 5. The molecule has 0 fully saturated rings. The molecule has 0 bridgehead atoms. The van der Waals surface area contributed by atoms with Gasteiger partial charge in [0.2, 0.25) is 0 Å². The van der Waals surface area contributed by atoms with E-state index in [1.54, 1.807) is 6.26 Å². The first-order chi connectivity index (χ1) is 25.1. The standard InChI is InChI=1S/C43H82NO7P/c1-6-8-10-12-14-16-18-20-22-23-25-27-29-31-33-35-38-48-40-42(41-50-52(46,47)49-39-37-44(3,4)5)51-43(45)36-34-32-30-28-26-24-21-19-17-15-13-11-9-7-2/h13,15,19,21,35,38,42H,6-12,14,16-18,20,22-34,36-37,39-41H2,1-5H3/b15-13-,21-19-,38-35-/t42-/m1/s1. The Morgan fingerprint density at radius 2 is 1.10 bits per heavy atom. The van der Waals surface area contributed by atoms with E-state index in [0.717, 1.165) is 57.8 Å². The van der Waals surface area contributed by atoms with Crippen LogP contribution in [0.1, 0.15) is 181 Å². The van der Waals surface area contributed by atoms with E-state index < -0.39 is 13.9 Å². The van der Waals surface area contributed by atoms with E-state index in [2.05, 4.69) is 38.2 Å². The van der Waals surface area contributed by atoms with Gasteiger partial charge >= 0.3 is 5.97 Å². The van der Waals surface area contributed by atoms with Crippen LogP contribution in [0.2, 0.25) is 0 Å². The molecule has 0 saturated heterocycles. The van der Waals surface area contributed by atoms with Gasteiger partial charge in [0.25, 0.3) is 7.82 Å². The van der Waals surface area contributed by atoms with Crippen molar-refractivity contribution in [2.75, 3.05) is 47.5 Å². The van der Waals surface area contributed by atoms with Gasteiger partial charge in [-0.05, 0) is 51.0 Å². The first-order valence-corrected chi connectivity index (χ1v) is 22.7. The molecule has 306 valence electrons. The van der Waals surface area contributed by atoms with E-state index in [0.29, 0.717) is 11.0 Å². The van der Waals surface area contributed by atoms with E-state index >= 15 is 0 Å². The van der Waals surface area contributed by atoms with Crippen LogP contribution < -0.4 is 4.89 Å². The van der Waals surface area contributed by atoms with Crippen LogP contribution in [-0.4, -0.2) is 64.1 Å². The Labute approximate surface area is 321 Å². The van der Waals surface area contributed by atoms with Crippen molar-refractivity contribution < 1.29 is 37.3 Å². The second-order valence-electron chi connectivity index (χ2n) is 15.4. The lowest BCUT2D eigenvalue weighted by Gasteiger charge is -2.28. The van der Waals surface area contributed by atoms with E-state index in [4.69, 9.17) is 18.5 Å². The van der Waals surface area contributed by atoms with Gasteiger partial charge in [-0.1, -0.05) is 154 Å².